The summed E-state index contributed by atoms with van der Waals surface area (Å²) in [6.07, 6.45) is 0. The van der Waals surface area contributed by atoms with Gasteiger partial charge in [0.25, 0.3) is 0 Å². The fraction of sp³-hybridized carbons (Fsp3) is 0.500. The molecule has 0 saturated carbocycles. The fourth-order valence-electron chi connectivity index (χ4n) is 3.05. The van der Waals surface area contributed by atoms with E-state index < -0.39 is 0 Å². The number of carbonyl (C=O) groups excluding carboxylic acids is 1. The van der Waals surface area contributed by atoms with E-state index in [4.69, 9.17) is 5.73 Å². The maximum atomic E-state index is 12.2. The van der Waals surface area contributed by atoms with Gasteiger partial charge >= 0.3 is 0 Å². The number of anilines is 2. The van der Waals surface area contributed by atoms with E-state index in [1.54, 1.807) is 0 Å². The average molecular weight is 232 g/mol. The van der Waals surface area contributed by atoms with Crippen LogP contribution in [-0.4, -0.2) is 5.91 Å². The summed E-state index contributed by atoms with van der Waals surface area (Å²) in [5, 5.41) is 2.98. The summed E-state index contributed by atoms with van der Waals surface area (Å²) in [5.74, 6) is 0.402. The minimum Gasteiger partial charge on any atom is -0.399 e. The van der Waals surface area contributed by atoms with Gasteiger partial charge < -0.3 is 11.1 Å². The Balaban J connectivity index is 2.59. The number of nitrogen functional groups attached to an aromatic ring is 1. The maximum absolute atomic E-state index is 12.2. The van der Waals surface area contributed by atoms with Gasteiger partial charge in [-0.05, 0) is 29.7 Å². The van der Waals surface area contributed by atoms with Crippen molar-refractivity contribution in [1.82, 2.24) is 0 Å². The highest BCUT2D eigenvalue weighted by atomic mass is 16.2. The second kappa shape index (κ2) is 3.76. The molecule has 1 aliphatic heterocycles. The van der Waals surface area contributed by atoms with E-state index in [1.165, 1.54) is 0 Å². The number of nitrogens with two attached hydrogens (primary N) is 1. The third-order valence-electron chi connectivity index (χ3n) is 3.72. The number of hydrogen-bond donors (Lipinski definition) is 2. The van der Waals surface area contributed by atoms with E-state index in [-0.39, 0.29) is 17.2 Å². The summed E-state index contributed by atoms with van der Waals surface area (Å²) in [5.41, 5.74) is 8.44. The molecule has 0 bridgehead atoms. The van der Waals surface area contributed by atoms with Gasteiger partial charge in [-0.1, -0.05) is 27.7 Å². The molecule has 3 nitrogen and oxygen atoms in total. The summed E-state index contributed by atoms with van der Waals surface area (Å²) in [4.78, 5) is 12.2. The van der Waals surface area contributed by atoms with Crippen molar-refractivity contribution >= 4 is 17.3 Å². The van der Waals surface area contributed by atoms with Crippen LogP contribution in [0.3, 0.4) is 0 Å². The first kappa shape index (κ1) is 12.0. The first-order valence-corrected chi connectivity index (χ1v) is 6.05. The number of hydrogen-bond acceptors (Lipinski definition) is 2. The van der Waals surface area contributed by atoms with Crippen molar-refractivity contribution in [2.24, 2.45) is 11.8 Å². The Labute approximate surface area is 102 Å². The van der Waals surface area contributed by atoms with Crippen molar-refractivity contribution in [3.05, 3.63) is 23.8 Å². The topological polar surface area (TPSA) is 55.1 Å². The molecule has 92 valence electrons. The summed E-state index contributed by atoms with van der Waals surface area (Å²) >= 11 is 0. The quantitative estimate of drug-likeness (QED) is 0.731. The van der Waals surface area contributed by atoms with Crippen molar-refractivity contribution in [3.63, 3.8) is 0 Å². The molecule has 1 aliphatic rings. The summed E-state index contributed by atoms with van der Waals surface area (Å²) in [6, 6.07) is 5.69. The average Bonchev–Trinajstić information content (AvgIpc) is 2.18. The molecule has 2 rings (SSSR count). The monoisotopic (exact) mass is 232 g/mol. The SMILES string of the molecule is CC(C)C1C(=O)Nc2ccc(N)cc2C1(C)C. The largest absolute Gasteiger partial charge is 0.399 e. The summed E-state index contributed by atoms with van der Waals surface area (Å²) < 4.78 is 0. The van der Waals surface area contributed by atoms with Crippen LogP contribution >= 0.6 is 0 Å². The lowest BCUT2D eigenvalue weighted by molar-refractivity contribution is -0.123. The molecular weight excluding hydrogens is 212 g/mol. The Morgan fingerprint density at radius 1 is 1.35 bits per heavy atom. The smallest absolute Gasteiger partial charge is 0.228 e. The zero-order valence-electron chi connectivity index (χ0n) is 10.9. The number of carbonyl (C=O) groups is 1. The Bertz CT molecular complexity index is 463. The van der Waals surface area contributed by atoms with Crippen LogP contribution < -0.4 is 11.1 Å². The summed E-state index contributed by atoms with van der Waals surface area (Å²) in [6.45, 7) is 8.41. The minimum absolute atomic E-state index is 0.0169. The van der Waals surface area contributed by atoms with Crippen LogP contribution in [0.15, 0.2) is 18.2 Å². The second-order valence-corrected chi connectivity index (χ2v) is 5.74. The molecule has 1 aromatic carbocycles. The Kier molecular flexibility index (Phi) is 2.64. The Morgan fingerprint density at radius 3 is 2.59 bits per heavy atom. The van der Waals surface area contributed by atoms with Crippen molar-refractivity contribution in [1.29, 1.82) is 0 Å². The Morgan fingerprint density at radius 2 is 2.00 bits per heavy atom. The molecule has 0 saturated heterocycles. The summed E-state index contributed by atoms with van der Waals surface area (Å²) in [7, 11) is 0. The molecule has 3 N–H and O–H groups in total. The predicted octanol–water partition coefficient (Wildman–Crippen LogP) is 2.77. The van der Waals surface area contributed by atoms with Gasteiger partial charge in [0.1, 0.15) is 0 Å². The van der Waals surface area contributed by atoms with Gasteiger partial charge in [-0.3, -0.25) is 4.79 Å². The molecule has 3 heteroatoms. The standard InChI is InChI=1S/C14H20N2O/c1-8(2)12-13(17)16-11-6-5-9(15)7-10(11)14(12,3)4/h5-8,12H,15H2,1-4H3,(H,16,17). The second-order valence-electron chi connectivity index (χ2n) is 5.74. The molecule has 1 unspecified atom stereocenters. The highest BCUT2D eigenvalue weighted by molar-refractivity contribution is 5.97. The molecule has 0 radical (unpaired) electrons. The van der Waals surface area contributed by atoms with Gasteiger partial charge in [0.15, 0.2) is 0 Å². The lowest BCUT2D eigenvalue weighted by Crippen LogP contribution is -2.45. The molecular formula is C14H20N2O. The van der Waals surface area contributed by atoms with Crippen LogP contribution in [0.2, 0.25) is 0 Å². The van der Waals surface area contributed by atoms with Crippen molar-refractivity contribution in [3.8, 4) is 0 Å². The van der Waals surface area contributed by atoms with Gasteiger partial charge in [0, 0.05) is 22.7 Å². The third-order valence-corrected chi connectivity index (χ3v) is 3.72. The normalized spacial score (nSPS) is 22.2. The predicted molar refractivity (Wildman–Crippen MR) is 70.8 cm³/mol. The molecule has 0 aromatic heterocycles. The van der Waals surface area contributed by atoms with E-state index in [9.17, 15) is 4.79 Å². The van der Waals surface area contributed by atoms with Gasteiger partial charge in [0.05, 0.1) is 0 Å². The zero-order chi connectivity index (χ0) is 12.8. The lowest BCUT2D eigenvalue weighted by atomic mass is 9.66. The van der Waals surface area contributed by atoms with E-state index >= 15 is 0 Å². The fourth-order valence-corrected chi connectivity index (χ4v) is 3.05. The van der Waals surface area contributed by atoms with Crippen LogP contribution in [0.5, 0.6) is 0 Å². The van der Waals surface area contributed by atoms with Gasteiger partial charge in [-0.2, -0.15) is 0 Å². The number of nitrogens with one attached hydrogen (secondary N) is 1. The highest BCUT2D eigenvalue weighted by Gasteiger charge is 2.43. The highest BCUT2D eigenvalue weighted by Crippen LogP contribution is 2.44. The molecule has 1 atom stereocenters. The molecule has 0 aliphatic carbocycles. The first-order chi connectivity index (χ1) is 7.84. The van der Waals surface area contributed by atoms with Crippen molar-refractivity contribution in [2.45, 2.75) is 33.1 Å². The minimum atomic E-state index is -0.179. The number of rotatable bonds is 1. The van der Waals surface area contributed by atoms with Crippen LogP contribution in [0, 0.1) is 11.8 Å². The molecule has 0 fully saturated rings. The number of fused-ring (bicyclic) bond motifs is 1. The van der Waals surface area contributed by atoms with Crippen LogP contribution in [-0.2, 0) is 10.2 Å². The first-order valence-electron chi connectivity index (χ1n) is 6.05. The zero-order valence-corrected chi connectivity index (χ0v) is 10.9. The van der Waals surface area contributed by atoms with E-state index in [1.807, 2.05) is 18.2 Å². The van der Waals surface area contributed by atoms with Crippen molar-refractivity contribution in [2.75, 3.05) is 11.1 Å². The number of benzene rings is 1. The van der Waals surface area contributed by atoms with Crippen LogP contribution in [0.4, 0.5) is 11.4 Å². The molecule has 1 amide bonds. The van der Waals surface area contributed by atoms with Crippen LogP contribution in [0.25, 0.3) is 0 Å². The van der Waals surface area contributed by atoms with E-state index in [0.29, 0.717) is 5.92 Å². The molecule has 0 spiro atoms. The van der Waals surface area contributed by atoms with E-state index in [0.717, 1.165) is 16.9 Å². The molecule has 1 aromatic rings. The van der Waals surface area contributed by atoms with Gasteiger partial charge in [-0.15, -0.1) is 0 Å². The van der Waals surface area contributed by atoms with Gasteiger partial charge in [0.2, 0.25) is 5.91 Å². The molecule has 17 heavy (non-hydrogen) atoms. The lowest BCUT2D eigenvalue weighted by Gasteiger charge is -2.41. The molecule has 1 heterocycles. The number of amides is 1. The van der Waals surface area contributed by atoms with Gasteiger partial charge in [-0.25, -0.2) is 0 Å². The van der Waals surface area contributed by atoms with Crippen molar-refractivity contribution < 1.29 is 4.79 Å². The van der Waals surface area contributed by atoms with E-state index in [2.05, 4.69) is 33.0 Å². The maximum Gasteiger partial charge on any atom is 0.228 e. The Hall–Kier alpha value is -1.51. The third kappa shape index (κ3) is 1.79. The van der Waals surface area contributed by atoms with Crippen LogP contribution in [0.1, 0.15) is 33.3 Å².